The molecule has 0 bridgehead atoms. The molecule has 4 rings (SSSR count). The molecular formula is C21H21ClFN7OS. The van der Waals surface area contributed by atoms with Gasteiger partial charge in [-0.3, -0.25) is 0 Å². The summed E-state index contributed by atoms with van der Waals surface area (Å²) in [6, 6.07) is 7.91. The molecule has 166 valence electrons. The van der Waals surface area contributed by atoms with Crippen LogP contribution in [0.25, 0.3) is 22.2 Å². The monoisotopic (exact) mass is 473 g/mol. The van der Waals surface area contributed by atoms with Crippen LogP contribution in [0.1, 0.15) is 13.8 Å². The van der Waals surface area contributed by atoms with E-state index in [1.165, 1.54) is 37.4 Å². The van der Waals surface area contributed by atoms with E-state index in [-0.39, 0.29) is 11.8 Å². The second-order valence-corrected chi connectivity index (χ2v) is 7.44. The standard InChI is InChI=1S/C19H15ClFN7OS.C2H6/c1-29-18-15(5-11(20)8-24-18)30-28-13-3-9(2-12(21)6-13)14-4-10-7-25-19(23)27-17(10)26-16(14)22;1-2/h2-8,28H,1H3,(H4,22,23,25,26,27);1-2H3. The fourth-order valence-electron chi connectivity index (χ4n) is 2.77. The molecule has 0 unspecified atom stereocenters. The number of nitrogens with two attached hydrogens (primary N) is 2. The predicted molar refractivity (Wildman–Crippen MR) is 128 cm³/mol. The van der Waals surface area contributed by atoms with Gasteiger partial charge in [-0.05, 0) is 47.8 Å². The van der Waals surface area contributed by atoms with Crippen molar-refractivity contribution in [2.24, 2.45) is 0 Å². The highest BCUT2D eigenvalue weighted by molar-refractivity contribution is 8.00. The third kappa shape index (κ3) is 5.27. The number of ether oxygens (including phenoxy) is 1. The lowest BCUT2D eigenvalue weighted by Crippen LogP contribution is -2.00. The number of nitrogens with zero attached hydrogens (tertiary/aromatic N) is 4. The van der Waals surface area contributed by atoms with E-state index in [4.69, 9.17) is 27.8 Å². The number of nitrogens with one attached hydrogen (secondary N) is 1. The summed E-state index contributed by atoms with van der Waals surface area (Å²) in [5.41, 5.74) is 13.6. The summed E-state index contributed by atoms with van der Waals surface area (Å²) in [4.78, 5) is 17.0. The Morgan fingerprint density at radius 2 is 1.81 bits per heavy atom. The van der Waals surface area contributed by atoms with Crippen molar-refractivity contribution in [1.29, 1.82) is 0 Å². The summed E-state index contributed by atoms with van der Waals surface area (Å²) in [6.07, 6.45) is 3.03. The van der Waals surface area contributed by atoms with E-state index >= 15 is 0 Å². The molecule has 0 amide bonds. The third-order valence-electron chi connectivity index (χ3n) is 4.08. The Morgan fingerprint density at radius 3 is 2.56 bits per heavy atom. The van der Waals surface area contributed by atoms with Crippen molar-refractivity contribution in [2.75, 3.05) is 23.3 Å². The number of pyridine rings is 2. The van der Waals surface area contributed by atoms with E-state index in [1.807, 2.05) is 13.8 Å². The molecule has 0 saturated heterocycles. The molecule has 0 aliphatic carbocycles. The van der Waals surface area contributed by atoms with Crippen molar-refractivity contribution in [3.63, 3.8) is 0 Å². The average Bonchev–Trinajstić information content (AvgIpc) is 2.78. The van der Waals surface area contributed by atoms with Crippen molar-refractivity contribution in [1.82, 2.24) is 19.9 Å². The van der Waals surface area contributed by atoms with Crippen LogP contribution in [0, 0.1) is 5.82 Å². The third-order valence-corrected chi connectivity index (χ3v) is 5.14. The summed E-state index contributed by atoms with van der Waals surface area (Å²) in [5, 5.41) is 1.09. The molecule has 0 fully saturated rings. The Hall–Kier alpha value is -3.37. The summed E-state index contributed by atoms with van der Waals surface area (Å²) >= 11 is 7.19. The van der Waals surface area contributed by atoms with E-state index in [0.29, 0.717) is 43.6 Å². The first kappa shape index (κ1) is 23.3. The number of anilines is 3. The van der Waals surface area contributed by atoms with E-state index in [9.17, 15) is 4.39 Å². The number of rotatable bonds is 5. The largest absolute Gasteiger partial charge is 0.480 e. The number of fused-ring (bicyclic) bond motifs is 1. The SMILES string of the molecule is CC.COc1ncc(Cl)cc1SNc1cc(F)cc(-c2cc3cnc(N)nc3nc2N)c1. The minimum Gasteiger partial charge on any atom is -0.480 e. The number of halogens is 2. The lowest BCUT2D eigenvalue weighted by Gasteiger charge is -2.12. The lowest BCUT2D eigenvalue weighted by atomic mass is 10.0. The molecule has 1 aromatic carbocycles. The van der Waals surface area contributed by atoms with Crippen LogP contribution in [-0.2, 0) is 0 Å². The summed E-state index contributed by atoms with van der Waals surface area (Å²) in [5.74, 6) is 0.253. The van der Waals surface area contributed by atoms with E-state index in [2.05, 4.69) is 24.7 Å². The predicted octanol–water partition coefficient (Wildman–Crippen LogP) is 5.20. The first-order chi connectivity index (χ1) is 15.4. The molecule has 8 nitrogen and oxygen atoms in total. The molecule has 0 atom stereocenters. The zero-order valence-corrected chi connectivity index (χ0v) is 19.1. The van der Waals surface area contributed by atoms with Crippen LogP contribution in [0.4, 0.5) is 21.8 Å². The van der Waals surface area contributed by atoms with Crippen LogP contribution in [-0.4, -0.2) is 27.0 Å². The van der Waals surface area contributed by atoms with Gasteiger partial charge in [0, 0.05) is 29.0 Å². The molecule has 32 heavy (non-hydrogen) atoms. The van der Waals surface area contributed by atoms with Gasteiger partial charge < -0.3 is 20.9 Å². The number of methoxy groups -OCH3 is 1. The molecule has 3 aromatic heterocycles. The Kier molecular flexibility index (Phi) is 7.49. The van der Waals surface area contributed by atoms with Gasteiger partial charge in [0.2, 0.25) is 11.8 Å². The minimum absolute atomic E-state index is 0.0994. The molecule has 0 radical (unpaired) electrons. The van der Waals surface area contributed by atoms with Crippen LogP contribution < -0.4 is 20.9 Å². The van der Waals surface area contributed by atoms with Crippen LogP contribution in [0.3, 0.4) is 0 Å². The zero-order chi connectivity index (χ0) is 23.3. The van der Waals surface area contributed by atoms with Crippen molar-refractivity contribution < 1.29 is 9.13 Å². The molecule has 5 N–H and O–H groups in total. The van der Waals surface area contributed by atoms with Gasteiger partial charge in [-0.1, -0.05) is 25.4 Å². The fourth-order valence-corrected chi connectivity index (χ4v) is 3.75. The normalized spacial score (nSPS) is 10.4. The van der Waals surface area contributed by atoms with Gasteiger partial charge in [0.1, 0.15) is 11.6 Å². The second kappa shape index (κ2) is 10.3. The fraction of sp³-hybridized carbons (Fsp3) is 0.143. The van der Waals surface area contributed by atoms with Crippen molar-refractivity contribution >= 4 is 52.0 Å². The van der Waals surface area contributed by atoms with Gasteiger partial charge in [0.05, 0.1) is 17.0 Å². The van der Waals surface area contributed by atoms with E-state index < -0.39 is 5.82 Å². The number of nitrogen functional groups attached to an aromatic ring is 2. The average molecular weight is 474 g/mol. The maximum absolute atomic E-state index is 14.3. The highest BCUT2D eigenvalue weighted by atomic mass is 35.5. The summed E-state index contributed by atoms with van der Waals surface area (Å²) < 4.78 is 22.6. The Bertz CT molecular complexity index is 1260. The van der Waals surface area contributed by atoms with Gasteiger partial charge in [-0.15, -0.1) is 0 Å². The number of hydrogen-bond donors (Lipinski definition) is 3. The van der Waals surface area contributed by atoms with Gasteiger partial charge in [0.15, 0.2) is 5.65 Å². The smallest absolute Gasteiger partial charge is 0.228 e. The molecule has 11 heteroatoms. The van der Waals surface area contributed by atoms with E-state index in [1.54, 1.807) is 24.4 Å². The number of benzene rings is 1. The van der Waals surface area contributed by atoms with Gasteiger partial charge in [-0.2, -0.15) is 4.98 Å². The Morgan fingerprint density at radius 1 is 1.03 bits per heavy atom. The van der Waals surface area contributed by atoms with Crippen LogP contribution in [0.2, 0.25) is 5.02 Å². The van der Waals surface area contributed by atoms with Crippen LogP contribution in [0.15, 0.2) is 47.6 Å². The molecule has 0 spiro atoms. The zero-order valence-electron chi connectivity index (χ0n) is 17.6. The van der Waals surface area contributed by atoms with Crippen molar-refractivity contribution in [3.05, 3.63) is 53.6 Å². The second-order valence-electron chi connectivity index (χ2n) is 6.16. The van der Waals surface area contributed by atoms with Gasteiger partial charge in [-0.25, -0.2) is 19.3 Å². The highest BCUT2D eigenvalue weighted by Gasteiger charge is 2.12. The first-order valence-electron chi connectivity index (χ1n) is 9.55. The molecular weight excluding hydrogens is 453 g/mol. The van der Waals surface area contributed by atoms with Gasteiger partial charge in [0.25, 0.3) is 0 Å². The minimum atomic E-state index is -0.445. The molecule has 0 saturated carbocycles. The maximum Gasteiger partial charge on any atom is 0.228 e. The molecule has 3 heterocycles. The van der Waals surface area contributed by atoms with Crippen LogP contribution in [0.5, 0.6) is 5.88 Å². The Labute approximate surface area is 193 Å². The van der Waals surface area contributed by atoms with Crippen molar-refractivity contribution in [2.45, 2.75) is 18.7 Å². The van der Waals surface area contributed by atoms with E-state index in [0.717, 1.165) is 0 Å². The lowest BCUT2D eigenvalue weighted by molar-refractivity contribution is 0.387. The van der Waals surface area contributed by atoms with Crippen molar-refractivity contribution in [3.8, 4) is 17.0 Å². The molecule has 4 aromatic rings. The first-order valence-corrected chi connectivity index (χ1v) is 10.7. The topological polar surface area (TPSA) is 125 Å². The molecule has 0 aliphatic heterocycles. The highest BCUT2D eigenvalue weighted by Crippen LogP contribution is 2.34. The summed E-state index contributed by atoms with van der Waals surface area (Å²) in [7, 11) is 1.51. The summed E-state index contributed by atoms with van der Waals surface area (Å²) in [6.45, 7) is 4.00. The quantitative estimate of drug-likeness (QED) is 0.335. The Balaban J connectivity index is 0.00000141. The van der Waals surface area contributed by atoms with Crippen LogP contribution >= 0.6 is 23.5 Å². The number of aromatic nitrogens is 4. The molecule has 0 aliphatic rings. The maximum atomic E-state index is 14.3. The van der Waals surface area contributed by atoms with Gasteiger partial charge >= 0.3 is 0 Å². The number of hydrogen-bond acceptors (Lipinski definition) is 9.